The van der Waals surface area contributed by atoms with E-state index in [1.807, 2.05) is 5.32 Å². The Hall–Kier alpha value is -3.42. The molecule has 1 aliphatic heterocycles. The molecule has 1 fully saturated rings. The molecule has 3 unspecified atom stereocenters. The number of nitrogens with zero attached hydrogens (tertiary/aromatic N) is 2. The van der Waals surface area contributed by atoms with E-state index in [4.69, 9.17) is 27.4 Å². The van der Waals surface area contributed by atoms with E-state index >= 15 is 0 Å². The molecule has 1 heterocycles. The van der Waals surface area contributed by atoms with Gasteiger partial charge in [-0.1, -0.05) is 0 Å². The molecule has 0 aromatic carbocycles. The standard InChI is InChI=1S/C17H29N7O7/c18-9(3-1-5-21-17(19)20)16(31)24-6-2-4-11(24)15(30)23-10(7-12(25)26)14(29)22-8-13(27)28/h9-11H,1-8,18H2,(H,22,29)(H,23,30)(H,25,26)(H,27,28)(H4,19,20,21). The third kappa shape index (κ3) is 8.86. The zero-order chi connectivity index (χ0) is 23.6. The smallest absolute Gasteiger partial charge is 0.322 e. The Balaban J connectivity index is 2.74. The van der Waals surface area contributed by atoms with Crippen molar-refractivity contribution in [3.05, 3.63) is 0 Å². The fourth-order valence-corrected chi connectivity index (χ4v) is 3.10. The summed E-state index contributed by atoms with van der Waals surface area (Å²) in [6, 6.07) is -3.29. The number of hydrogen-bond acceptors (Lipinski definition) is 7. The first-order valence-electron chi connectivity index (χ1n) is 9.66. The van der Waals surface area contributed by atoms with Crippen molar-refractivity contribution in [2.75, 3.05) is 19.6 Å². The summed E-state index contributed by atoms with van der Waals surface area (Å²) in [5, 5.41) is 21.9. The minimum absolute atomic E-state index is 0.0699. The highest BCUT2D eigenvalue weighted by Gasteiger charge is 2.37. The fourth-order valence-electron chi connectivity index (χ4n) is 3.10. The molecule has 0 radical (unpaired) electrons. The maximum atomic E-state index is 12.7. The van der Waals surface area contributed by atoms with Crippen molar-refractivity contribution in [1.29, 1.82) is 0 Å². The van der Waals surface area contributed by atoms with Crippen LogP contribution in [0.1, 0.15) is 32.1 Å². The number of carboxylic acid groups (broad SMARTS) is 2. The van der Waals surface area contributed by atoms with Crippen LogP contribution in [0.15, 0.2) is 4.99 Å². The number of carboxylic acids is 2. The van der Waals surface area contributed by atoms with Gasteiger partial charge in [-0.15, -0.1) is 0 Å². The van der Waals surface area contributed by atoms with Gasteiger partial charge < -0.3 is 42.9 Å². The van der Waals surface area contributed by atoms with E-state index in [9.17, 15) is 24.0 Å². The lowest BCUT2D eigenvalue weighted by Gasteiger charge is -2.28. The van der Waals surface area contributed by atoms with Gasteiger partial charge in [-0.25, -0.2) is 0 Å². The largest absolute Gasteiger partial charge is 0.481 e. The maximum Gasteiger partial charge on any atom is 0.322 e. The molecular formula is C17H29N7O7. The molecular weight excluding hydrogens is 414 g/mol. The number of rotatable bonds is 12. The van der Waals surface area contributed by atoms with Crippen LogP contribution in [0.25, 0.3) is 0 Å². The lowest BCUT2D eigenvalue weighted by atomic mass is 10.1. The second-order valence-corrected chi connectivity index (χ2v) is 7.02. The van der Waals surface area contributed by atoms with Crippen LogP contribution < -0.4 is 27.8 Å². The number of likely N-dealkylation sites (tertiary alicyclic amines) is 1. The molecule has 0 aromatic heterocycles. The van der Waals surface area contributed by atoms with Crippen LogP contribution >= 0.6 is 0 Å². The summed E-state index contributed by atoms with van der Waals surface area (Å²) < 4.78 is 0. The van der Waals surface area contributed by atoms with Gasteiger partial charge in [0.15, 0.2) is 5.96 Å². The molecule has 31 heavy (non-hydrogen) atoms. The highest BCUT2D eigenvalue weighted by Crippen LogP contribution is 2.19. The van der Waals surface area contributed by atoms with Gasteiger partial charge in [-0.2, -0.15) is 0 Å². The van der Waals surface area contributed by atoms with E-state index in [1.165, 1.54) is 4.90 Å². The van der Waals surface area contributed by atoms with E-state index < -0.39 is 60.8 Å². The quantitative estimate of drug-likeness (QED) is 0.0891. The maximum absolute atomic E-state index is 12.7. The Kier molecular flexibility index (Phi) is 10.2. The summed E-state index contributed by atoms with van der Waals surface area (Å²) >= 11 is 0. The molecule has 0 aliphatic carbocycles. The Morgan fingerprint density at radius 1 is 1.13 bits per heavy atom. The summed E-state index contributed by atoms with van der Waals surface area (Å²) in [6.07, 6.45) is 0.843. The molecule has 14 nitrogen and oxygen atoms in total. The van der Waals surface area contributed by atoms with E-state index in [-0.39, 0.29) is 12.5 Å². The number of nitrogens with one attached hydrogen (secondary N) is 2. The van der Waals surface area contributed by atoms with Crippen molar-refractivity contribution < 1.29 is 34.2 Å². The zero-order valence-electron chi connectivity index (χ0n) is 17.0. The van der Waals surface area contributed by atoms with Crippen molar-refractivity contribution in [2.24, 2.45) is 22.2 Å². The highest BCUT2D eigenvalue weighted by atomic mass is 16.4. The van der Waals surface area contributed by atoms with Crippen LogP contribution in [0.2, 0.25) is 0 Å². The molecule has 10 N–H and O–H groups in total. The fraction of sp³-hybridized carbons (Fsp3) is 0.647. The van der Waals surface area contributed by atoms with Crippen molar-refractivity contribution in [3.63, 3.8) is 0 Å². The average Bonchev–Trinajstić information content (AvgIpc) is 3.17. The molecule has 3 atom stereocenters. The van der Waals surface area contributed by atoms with Crippen LogP contribution in [0.4, 0.5) is 0 Å². The minimum atomic E-state index is -1.49. The first kappa shape index (κ1) is 25.6. The second kappa shape index (κ2) is 12.3. The Morgan fingerprint density at radius 2 is 1.81 bits per heavy atom. The van der Waals surface area contributed by atoms with Gasteiger partial charge in [0.05, 0.1) is 12.5 Å². The van der Waals surface area contributed by atoms with Crippen LogP contribution in [-0.4, -0.2) is 88.5 Å². The van der Waals surface area contributed by atoms with Crippen LogP contribution in [0.5, 0.6) is 0 Å². The zero-order valence-corrected chi connectivity index (χ0v) is 17.0. The molecule has 0 spiro atoms. The lowest BCUT2D eigenvalue weighted by molar-refractivity contribution is -0.143. The molecule has 174 valence electrons. The first-order valence-corrected chi connectivity index (χ1v) is 9.66. The van der Waals surface area contributed by atoms with Crippen LogP contribution in [-0.2, 0) is 24.0 Å². The number of aliphatic imine (C=N–C) groups is 1. The van der Waals surface area contributed by atoms with Crippen molar-refractivity contribution in [3.8, 4) is 0 Å². The number of hydrogen-bond donors (Lipinski definition) is 7. The van der Waals surface area contributed by atoms with Crippen molar-refractivity contribution in [2.45, 2.75) is 50.2 Å². The first-order chi connectivity index (χ1) is 14.5. The van der Waals surface area contributed by atoms with E-state index in [0.717, 1.165) is 0 Å². The summed E-state index contributed by atoms with van der Waals surface area (Å²) in [7, 11) is 0. The molecule has 0 bridgehead atoms. The van der Waals surface area contributed by atoms with Gasteiger partial charge in [0.2, 0.25) is 17.7 Å². The number of carbonyl (C=O) groups is 5. The Morgan fingerprint density at radius 3 is 2.39 bits per heavy atom. The van der Waals surface area contributed by atoms with Gasteiger partial charge in [-0.05, 0) is 25.7 Å². The average molecular weight is 443 g/mol. The van der Waals surface area contributed by atoms with Gasteiger partial charge in [0.25, 0.3) is 0 Å². The van der Waals surface area contributed by atoms with Crippen LogP contribution in [0.3, 0.4) is 0 Å². The summed E-state index contributed by atoms with van der Waals surface area (Å²) in [4.78, 5) is 64.1. The Bertz CT molecular complexity index is 724. The van der Waals surface area contributed by atoms with Gasteiger partial charge in [0.1, 0.15) is 18.6 Å². The monoisotopic (exact) mass is 443 g/mol. The lowest BCUT2D eigenvalue weighted by Crippen LogP contribution is -2.55. The molecule has 1 saturated heterocycles. The predicted molar refractivity (Wildman–Crippen MR) is 107 cm³/mol. The molecule has 1 aliphatic rings. The molecule has 0 aromatic rings. The van der Waals surface area contributed by atoms with E-state index in [0.29, 0.717) is 32.2 Å². The summed E-state index contributed by atoms with van der Waals surface area (Å²) in [5.74, 6) is -4.87. The molecule has 1 rings (SSSR count). The van der Waals surface area contributed by atoms with Gasteiger partial charge in [-0.3, -0.25) is 29.0 Å². The number of nitrogens with two attached hydrogens (primary N) is 3. The van der Waals surface area contributed by atoms with Gasteiger partial charge >= 0.3 is 11.9 Å². The third-order valence-electron chi connectivity index (χ3n) is 4.55. The van der Waals surface area contributed by atoms with Crippen LogP contribution in [0, 0.1) is 0 Å². The summed E-state index contributed by atoms with van der Waals surface area (Å²) in [5.41, 5.74) is 16.4. The SMILES string of the molecule is NC(N)=NCCCC(N)C(=O)N1CCCC1C(=O)NC(CC(=O)O)C(=O)NCC(=O)O. The normalized spacial score (nSPS) is 17.3. The number of aliphatic carboxylic acids is 2. The number of carbonyl (C=O) groups excluding carboxylic acids is 3. The molecule has 3 amide bonds. The number of guanidine groups is 1. The topological polar surface area (TPSA) is 244 Å². The third-order valence-corrected chi connectivity index (χ3v) is 4.55. The van der Waals surface area contributed by atoms with E-state index in [1.54, 1.807) is 0 Å². The Labute approximate surface area is 178 Å². The number of amides is 3. The molecule has 0 saturated carbocycles. The van der Waals surface area contributed by atoms with Crippen molar-refractivity contribution >= 4 is 35.6 Å². The predicted octanol–water partition coefficient (Wildman–Crippen LogP) is -3.48. The summed E-state index contributed by atoms with van der Waals surface area (Å²) in [6.45, 7) is -0.142. The minimum Gasteiger partial charge on any atom is -0.481 e. The van der Waals surface area contributed by atoms with E-state index in [2.05, 4.69) is 10.3 Å². The van der Waals surface area contributed by atoms with Crippen molar-refractivity contribution in [1.82, 2.24) is 15.5 Å². The highest BCUT2D eigenvalue weighted by molar-refractivity contribution is 5.95. The second-order valence-electron chi connectivity index (χ2n) is 7.02. The van der Waals surface area contributed by atoms with Gasteiger partial charge in [0, 0.05) is 13.1 Å². The molecule has 14 heteroatoms.